The third-order valence-electron chi connectivity index (χ3n) is 7.37. The van der Waals surface area contributed by atoms with Crippen LogP contribution in [0.1, 0.15) is 85.3 Å². The number of hydrogen-bond donors (Lipinski definition) is 0. The van der Waals surface area contributed by atoms with Crippen molar-refractivity contribution >= 4 is 12.2 Å². The van der Waals surface area contributed by atoms with E-state index < -0.39 is 0 Å². The first-order valence-corrected chi connectivity index (χ1v) is 13.2. The summed E-state index contributed by atoms with van der Waals surface area (Å²) in [6.45, 7) is 9.02. The van der Waals surface area contributed by atoms with Crippen molar-refractivity contribution in [1.82, 2.24) is 0 Å². The molecule has 1 fully saturated rings. The molecule has 0 nitrogen and oxygen atoms in total. The van der Waals surface area contributed by atoms with Gasteiger partial charge in [-0.15, -0.1) is 0 Å². The number of hydrogen-bond acceptors (Lipinski definition) is 0. The van der Waals surface area contributed by atoms with E-state index in [2.05, 4.69) is 101 Å². The second-order valence-electron chi connectivity index (χ2n) is 10.0. The molecule has 0 spiro atoms. The molecule has 0 aliphatic heterocycles. The zero-order valence-corrected chi connectivity index (χ0v) is 21.6. The average Bonchev–Trinajstić information content (AvgIpc) is 3.26. The van der Waals surface area contributed by atoms with Crippen LogP contribution < -0.4 is 0 Å². The molecule has 1 aliphatic rings. The molecule has 0 bridgehead atoms. The van der Waals surface area contributed by atoms with Crippen molar-refractivity contribution in [2.24, 2.45) is 0 Å². The van der Waals surface area contributed by atoms with E-state index in [9.17, 15) is 0 Å². The maximum Gasteiger partial charge on any atom is -0.0149 e. The van der Waals surface area contributed by atoms with Gasteiger partial charge < -0.3 is 0 Å². The van der Waals surface area contributed by atoms with Gasteiger partial charge in [0.05, 0.1) is 0 Å². The van der Waals surface area contributed by atoms with Gasteiger partial charge in [0, 0.05) is 0 Å². The van der Waals surface area contributed by atoms with Crippen LogP contribution in [0, 0.1) is 20.8 Å². The van der Waals surface area contributed by atoms with Gasteiger partial charge in [0.2, 0.25) is 0 Å². The van der Waals surface area contributed by atoms with Crippen molar-refractivity contribution in [3.8, 4) is 11.1 Å². The normalized spacial score (nSPS) is 16.0. The van der Waals surface area contributed by atoms with Gasteiger partial charge in [-0.2, -0.15) is 0 Å². The predicted molar refractivity (Wildman–Crippen MR) is 150 cm³/mol. The second-order valence-corrected chi connectivity index (χ2v) is 10.0. The first-order valence-electron chi connectivity index (χ1n) is 13.2. The van der Waals surface area contributed by atoms with Crippen LogP contribution in [0.3, 0.4) is 0 Å². The molecule has 1 aliphatic carbocycles. The van der Waals surface area contributed by atoms with Gasteiger partial charge in [-0.05, 0) is 109 Å². The maximum atomic E-state index is 2.51. The van der Waals surface area contributed by atoms with Gasteiger partial charge in [-0.3, -0.25) is 0 Å². The summed E-state index contributed by atoms with van der Waals surface area (Å²) in [6.07, 6.45) is 14.9. The van der Waals surface area contributed by atoms with Gasteiger partial charge in [0.25, 0.3) is 0 Å². The Balaban J connectivity index is 1.73. The quantitative estimate of drug-likeness (QED) is 0.301. The van der Waals surface area contributed by atoms with Crippen LogP contribution in [0.15, 0.2) is 71.8 Å². The largest absolute Gasteiger partial charge is 0.0654 e. The van der Waals surface area contributed by atoms with Crippen LogP contribution in [0.2, 0.25) is 0 Å². The maximum absolute atomic E-state index is 2.51. The summed E-state index contributed by atoms with van der Waals surface area (Å²) in [7, 11) is 0. The fourth-order valence-electron chi connectivity index (χ4n) is 5.28. The molecule has 4 rings (SSSR count). The molecule has 0 saturated heterocycles. The van der Waals surface area contributed by atoms with Crippen molar-refractivity contribution in [2.45, 2.75) is 79.1 Å². The van der Waals surface area contributed by atoms with Crippen molar-refractivity contribution < 1.29 is 0 Å². The molecule has 176 valence electrons. The monoisotopic (exact) mass is 448 g/mol. The highest BCUT2D eigenvalue weighted by atomic mass is 14.2. The second kappa shape index (κ2) is 11.5. The van der Waals surface area contributed by atoms with Crippen LogP contribution in [-0.4, -0.2) is 0 Å². The SMILES string of the molecule is CCCCCCc1cc(-c2ccccc2C)c(C)cc1/C=C1\CCC\C1=C\c1ccccc1C. The van der Waals surface area contributed by atoms with E-state index >= 15 is 0 Å². The Morgan fingerprint density at radius 2 is 1.32 bits per heavy atom. The van der Waals surface area contributed by atoms with E-state index in [-0.39, 0.29) is 0 Å². The molecular weight excluding hydrogens is 408 g/mol. The minimum atomic E-state index is 1.16. The van der Waals surface area contributed by atoms with Crippen LogP contribution >= 0.6 is 0 Å². The van der Waals surface area contributed by atoms with Crippen molar-refractivity contribution in [3.05, 3.63) is 105 Å². The van der Waals surface area contributed by atoms with Gasteiger partial charge >= 0.3 is 0 Å². The zero-order valence-electron chi connectivity index (χ0n) is 21.6. The first-order chi connectivity index (χ1) is 16.6. The number of unbranched alkanes of at least 4 members (excludes halogenated alkanes) is 3. The molecular formula is C34H40. The lowest BCUT2D eigenvalue weighted by atomic mass is 9.89. The Labute approximate surface area is 207 Å². The smallest absolute Gasteiger partial charge is 0.0149 e. The molecule has 0 aromatic heterocycles. The molecule has 0 atom stereocenters. The topological polar surface area (TPSA) is 0 Å². The molecule has 0 unspecified atom stereocenters. The third-order valence-corrected chi connectivity index (χ3v) is 7.37. The van der Waals surface area contributed by atoms with Crippen molar-refractivity contribution in [1.29, 1.82) is 0 Å². The lowest BCUT2D eigenvalue weighted by Gasteiger charge is -2.16. The van der Waals surface area contributed by atoms with Gasteiger partial charge in [-0.25, -0.2) is 0 Å². The number of rotatable bonds is 8. The summed E-state index contributed by atoms with van der Waals surface area (Å²) in [5.74, 6) is 0. The van der Waals surface area contributed by atoms with Gasteiger partial charge in [0.15, 0.2) is 0 Å². The number of aryl methyl sites for hydroxylation is 4. The van der Waals surface area contributed by atoms with Crippen LogP contribution in [0.4, 0.5) is 0 Å². The Hall–Kier alpha value is -2.86. The minimum absolute atomic E-state index is 1.16. The number of benzene rings is 3. The van der Waals surface area contributed by atoms with Gasteiger partial charge in [-0.1, -0.05) is 99.0 Å². The lowest BCUT2D eigenvalue weighted by molar-refractivity contribution is 0.666. The summed E-state index contributed by atoms with van der Waals surface area (Å²) in [5.41, 5.74) is 14.2. The standard InChI is InChI=1S/C34H40/c1-5-6-7-8-17-31-24-34(33-20-12-10-15-26(33)3)27(4)21-32(31)23-30-19-13-18-29(30)22-28-16-11-9-14-25(28)2/h9-12,14-16,20-24H,5-8,13,17-19H2,1-4H3/b29-22-,30-23+. The number of allylic oxidation sites excluding steroid dienone is 2. The van der Waals surface area contributed by atoms with E-state index in [0.29, 0.717) is 0 Å². The summed E-state index contributed by atoms with van der Waals surface area (Å²) in [4.78, 5) is 0. The Kier molecular flexibility index (Phi) is 8.22. The van der Waals surface area contributed by atoms with E-state index in [1.165, 1.54) is 101 Å². The summed E-state index contributed by atoms with van der Waals surface area (Å²) in [6, 6.07) is 22.5. The fourth-order valence-corrected chi connectivity index (χ4v) is 5.28. The molecule has 1 saturated carbocycles. The van der Waals surface area contributed by atoms with Crippen molar-refractivity contribution in [3.63, 3.8) is 0 Å². The fraction of sp³-hybridized carbons (Fsp3) is 0.353. The molecule has 0 heterocycles. The zero-order chi connectivity index (χ0) is 23.9. The molecule has 0 heteroatoms. The summed E-state index contributed by atoms with van der Waals surface area (Å²) >= 11 is 0. The average molecular weight is 449 g/mol. The molecule has 0 radical (unpaired) electrons. The Bertz CT molecular complexity index is 1190. The molecule has 34 heavy (non-hydrogen) atoms. The first kappa shape index (κ1) is 24.3. The highest BCUT2D eigenvalue weighted by molar-refractivity contribution is 5.76. The predicted octanol–water partition coefficient (Wildman–Crippen LogP) is 10.1. The van der Waals surface area contributed by atoms with Crippen LogP contribution in [0.25, 0.3) is 23.3 Å². The molecule has 0 N–H and O–H groups in total. The Morgan fingerprint density at radius 1 is 0.647 bits per heavy atom. The molecule has 3 aromatic rings. The summed E-state index contributed by atoms with van der Waals surface area (Å²) in [5, 5.41) is 0. The van der Waals surface area contributed by atoms with E-state index in [0.717, 1.165) is 6.42 Å². The van der Waals surface area contributed by atoms with E-state index in [1.54, 1.807) is 0 Å². The minimum Gasteiger partial charge on any atom is -0.0654 e. The highest BCUT2D eigenvalue weighted by Crippen LogP contribution is 2.36. The molecule has 0 amide bonds. The third kappa shape index (κ3) is 5.79. The summed E-state index contributed by atoms with van der Waals surface area (Å²) < 4.78 is 0. The molecule has 3 aromatic carbocycles. The van der Waals surface area contributed by atoms with E-state index in [4.69, 9.17) is 0 Å². The van der Waals surface area contributed by atoms with Crippen molar-refractivity contribution in [2.75, 3.05) is 0 Å². The highest BCUT2D eigenvalue weighted by Gasteiger charge is 2.16. The lowest BCUT2D eigenvalue weighted by Crippen LogP contribution is -1.96. The Morgan fingerprint density at radius 3 is 2.03 bits per heavy atom. The van der Waals surface area contributed by atoms with Gasteiger partial charge in [0.1, 0.15) is 0 Å². The van der Waals surface area contributed by atoms with Crippen LogP contribution in [0.5, 0.6) is 0 Å². The van der Waals surface area contributed by atoms with Crippen LogP contribution in [-0.2, 0) is 6.42 Å². The van der Waals surface area contributed by atoms with E-state index in [1.807, 2.05) is 0 Å².